The molecule has 0 aromatic heterocycles. The monoisotopic (exact) mass is 363 g/mol. The maximum atomic E-state index is 6.36. The van der Waals surface area contributed by atoms with Crippen LogP contribution in [0.4, 0.5) is 0 Å². The molecule has 0 bridgehead atoms. The number of likely N-dealkylation sites (tertiary alicyclic amines) is 1. The van der Waals surface area contributed by atoms with Crippen LogP contribution in [0, 0.1) is 0 Å². The Hall–Kier alpha value is -2.00. The zero-order chi connectivity index (χ0) is 18.3. The lowest BCUT2D eigenvalue weighted by atomic mass is 9.74. The highest BCUT2D eigenvalue weighted by molar-refractivity contribution is 5.49. The third-order valence-electron chi connectivity index (χ3n) is 6.74. The van der Waals surface area contributed by atoms with Gasteiger partial charge in [0.25, 0.3) is 0 Å². The molecule has 27 heavy (non-hydrogen) atoms. The highest BCUT2D eigenvalue weighted by Crippen LogP contribution is 2.47. The van der Waals surface area contributed by atoms with E-state index in [-0.39, 0.29) is 11.5 Å². The van der Waals surface area contributed by atoms with Crippen LogP contribution in [0.3, 0.4) is 0 Å². The van der Waals surface area contributed by atoms with Crippen molar-refractivity contribution >= 4 is 0 Å². The number of aryl methyl sites for hydroxylation is 1. The molecule has 2 aliphatic heterocycles. The molecule has 1 aliphatic carbocycles. The maximum absolute atomic E-state index is 6.36. The van der Waals surface area contributed by atoms with Gasteiger partial charge in [-0.3, -0.25) is 0 Å². The zero-order valence-corrected chi connectivity index (χ0v) is 16.2. The first kappa shape index (κ1) is 17.1. The lowest BCUT2D eigenvalue weighted by Crippen LogP contribution is -2.43. The van der Waals surface area contributed by atoms with Gasteiger partial charge < -0.3 is 14.4 Å². The summed E-state index contributed by atoms with van der Waals surface area (Å²) in [6.07, 6.45) is 6.00. The predicted molar refractivity (Wildman–Crippen MR) is 108 cm³/mol. The normalized spacial score (nSPS) is 23.1. The number of nitrogens with zero attached hydrogens (tertiary/aromatic N) is 1. The van der Waals surface area contributed by atoms with Crippen LogP contribution in [0.25, 0.3) is 0 Å². The van der Waals surface area contributed by atoms with E-state index in [1.54, 1.807) is 0 Å². The van der Waals surface area contributed by atoms with E-state index < -0.39 is 0 Å². The minimum atomic E-state index is 0.173. The molecule has 2 heterocycles. The SMILES string of the molecule is CCCN1CCC2(CC1)COc1cc(O[C@@H]3CCc4ccccc43)ccc12. The Bertz CT molecular complexity index is 823. The second-order valence-corrected chi connectivity index (χ2v) is 8.41. The van der Waals surface area contributed by atoms with Gasteiger partial charge in [0.15, 0.2) is 0 Å². The van der Waals surface area contributed by atoms with Crippen LogP contribution in [0.15, 0.2) is 42.5 Å². The fourth-order valence-electron chi connectivity index (χ4n) is 5.17. The van der Waals surface area contributed by atoms with Crippen LogP contribution in [0.1, 0.15) is 55.4 Å². The summed E-state index contributed by atoms with van der Waals surface area (Å²) in [6, 6.07) is 15.2. The van der Waals surface area contributed by atoms with Crippen molar-refractivity contribution in [1.82, 2.24) is 4.90 Å². The minimum Gasteiger partial charge on any atom is -0.492 e. The van der Waals surface area contributed by atoms with Crippen molar-refractivity contribution < 1.29 is 9.47 Å². The number of hydrogen-bond donors (Lipinski definition) is 0. The van der Waals surface area contributed by atoms with E-state index in [1.807, 2.05) is 0 Å². The Kier molecular flexibility index (Phi) is 4.35. The van der Waals surface area contributed by atoms with Crippen LogP contribution in [-0.4, -0.2) is 31.1 Å². The molecule has 142 valence electrons. The van der Waals surface area contributed by atoms with Crippen molar-refractivity contribution in [2.45, 2.75) is 50.5 Å². The number of fused-ring (bicyclic) bond motifs is 3. The average molecular weight is 364 g/mol. The molecule has 1 spiro atoms. The van der Waals surface area contributed by atoms with E-state index in [1.165, 1.54) is 55.6 Å². The Morgan fingerprint density at radius 1 is 1.15 bits per heavy atom. The van der Waals surface area contributed by atoms with Gasteiger partial charge in [-0.2, -0.15) is 0 Å². The van der Waals surface area contributed by atoms with Gasteiger partial charge in [-0.15, -0.1) is 0 Å². The molecule has 3 heteroatoms. The summed E-state index contributed by atoms with van der Waals surface area (Å²) >= 11 is 0. The topological polar surface area (TPSA) is 21.7 Å². The van der Waals surface area contributed by atoms with Crippen molar-refractivity contribution in [3.8, 4) is 11.5 Å². The third kappa shape index (κ3) is 3.02. The molecule has 0 unspecified atom stereocenters. The number of piperidine rings is 1. The number of ether oxygens (including phenoxy) is 2. The lowest BCUT2D eigenvalue weighted by molar-refractivity contribution is 0.135. The number of rotatable bonds is 4. The molecular formula is C24H29NO2. The van der Waals surface area contributed by atoms with Crippen LogP contribution in [0.5, 0.6) is 11.5 Å². The molecule has 0 amide bonds. The van der Waals surface area contributed by atoms with Gasteiger partial charge in [0.1, 0.15) is 17.6 Å². The van der Waals surface area contributed by atoms with Gasteiger partial charge in [0, 0.05) is 17.0 Å². The summed E-state index contributed by atoms with van der Waals surface area (Å²) in [5.41, 5.74) is 4.40. The Balaban J connectivity index is 1.32. The van der Waals surface area contributed by atoms with Gasteiger partial charge in [0.2, 0.25) is 0 Å². The summed E-state index contributed by atoms with van der Waals surface area (Å²) in [5, 5.41) is 0. The van der Waals surface area contributed by atoms with E-state index in [4.69, 9.17) is 9.47 Å². The van der Waals surface area contributed by atoms with E-state index in [2.05, 4.69) is 54.3 Å². The van der Waals surface area contributed by atoms with E-state index in [0.29, 0.717) is 0 Å². The number of benzene rings is 2. The molecule has 2 aromatic rings. The Morgan fingerprint density at radius 2 is 2.00 bits per heavy atom. The molecule has 3 aliphatic rings. The standard InChI is InChI=1S/C24H29NO2/c1-2-13-25-14-11-24(12-15-25)17-26-23-16-19(8-9-21(23)24)27-22-10-7-18-5-3-4-6-20(18)22/h3-6,8-9,16,22H,2,7,10-15,17H2,1H3/t22-/m1/s1. The van der Waals surface area contributed by atoms with E-state index in [9.17, 15) is 0 Å². The Morgan fingerprint density at radius 3 is 2.85 bits per heavy atom. The molecule has 1 atom stereocenters. The van der Waals surface area contributed by atoms with Crippen molar-refractivity contribution in [2.24, 2.45) is 0 Å². The van der Waals surface area contributed by atoms with Gasteiger partial charge in [-0.25, -0.2) is 0 Å². The average Bonchev–Trinajstić information content (AvgIpc) is 3.26. The smallest absolute Gasteiger partial charge is 0.126 e. The number of hydrogen-bond acceptors (Lipinski definition) is 3. The summed E-state index contributed by atoms with van der Waals surface area (Å²) < 4.78 is 12.5. The van der Waals surface area contributed by atoms with Gasteiger partial charge >= 0.3 is 0 Å². The van der Waals surface area contributed by atoms with Gasteiger partial charge in [0.05, 0.1) is 6.61 Å². The zero-order valence-electron chi connectivity index (χ0n) is 16.2. The third-order valence-corrected chi connectivity index (χ3v) is 6.74. The predicted octanol–water partition coefficient (Wildman–Crippen LogP) is 4.89. The van der Waals surface area contributed by atoms with Crippen molar-refractivity contribution in [3.05, 3.63) is 59.2 Å². The maximum Gasteiger partial charge on any atom is 0.126 e. The summed E-state index contributed by atoms with van der Waals surface area (Å²) in [6.45, 7) is 6.70. The largest absolute Gasteiger partial charge is 0.492 e. The molecule has 0 saturated carbocycles. The first-order valence-corrected chi connectivity index (χ1v) is 10.5. The molecule has 0 radical (unpaired) electrons. The molecule has 5 rings (SSSR count). The summed E-state index contributed by atoms with van der Waals surface area (Å²) in [7, 11) is 0. The molecule has 3 nitrogen and oxygen atoms in total. The van der Waals surface area contributed by atoms with E-state index >= 15 is 0 Å². The van der Waals surface area contributed by atoms with Gasteiger partial charge in [-0.05, 0) is 68.9 Å². The lowest BCUT2D eigenvalue weighted by Gasteiger charge is -2.38. The highest BCUT2D eigenvalue weighted by Gasteiger charge is 2.43. The Labute approximate surface area is 162 Å². The molecular weight excluding hydrogens is 334 g/mol. The quantitative estimate of drug-likeness (QED) is 0.772. The summed E-state index contributed by atoms with van der Waals surface area (Å²) in [4.78, 5) is 2.60. The van der Waals surface area contributed by atoms with Crippen molar-refractivity contribution in [3.63, 3.8) is 0 Å². The first-order chi connectivity index (χ1) is 13.3. The second kappa shape index (κ2) is 6.87. The van der Waals surface area contributed by atoms with Crippen LogP contribution in [0.2, 0.25) is 0 Å². The minimum absolute atomic E-state index is 0.173. The molecule has 1 fully saturated rings. The van der Waals surface area contributed by atoms with E-state index in [0.717, 1.165) is 30.9 Å². The van der Waals surface area contributed by atoms with Crippen LogP contribution >= 0.6 is 0 Å². The summed E-state index contributed by atoms with van der Waals surface area (Å²) in [5.74, 6) is 1.98. The van der Waals surface area contributed by atoms with Crippen molar-refractivity contribution in [1.29, 1.82) is 0 Å². The van der Waals surface area contributed by atoms with Crippen LogP contribution < -0.4 is 9.47 Å². The fourth-order valence-corrected chi connectivity index (χ4v) is 5.17. The highest BCUT2D eigenvalue weighted by atomic mass is 16.5. The van der Waals surface area contributed by atoms with Crippen molar-refractivity contribution in [2.75, 3.05) is 26.2 Å². The second-order valence-electron chi connectivity index (χ2n) is 8.41. The molecule has 2 aromatic carbocycles. The first-order valence-electron chi connectivity index (χ1n) is 10.5. The molecule has 1 saturated heterocycles. The fraction of sp³-hybridized carbons (Fsp3) is 0.500. The van der Waals surface area contributed by atoms with Crippen LogP contribution in [-0.2, 0) is 11.8 Å². The van der Waals surface area contributed by atoms with Gasteiger partial charge in [-0.1, -0.05) is 37.3 Å². The molecule has 0 N–H and O–H groups in total.